The van der Waals surface area contributed by atoms with E-state index in [-0.39, 0.29) is 5.91 Å². The molecule has 0 bridgehead atoms. The fourth-order valence-corrected chi connectivity index (χ4v) is 3.98. The summed E-state index contributed by atoms with van der Waals surface area (Å²) in [6.45, 7) is 6.60. The van der Waals surface area contributed by atoms with Crippen molar-refractivity contribution in [3.63, 3.8) is 0 Å². The number of rotatable bonds is 3. The summed E-state index contributed by atoms with van der Waals surface area (Å²) in [5, 5.41) is 3.55. The predicted octanol–water partition coefficient (Wildman–Crippen LogP) is 3.25. The molecule has 1 aromatic rings. The first-order valence-electron chi connectivity index (χ1n) is 6.44. The topological polar surface area (TPSA) is 23.6 Å². The van der Waals surface area contributed by atoms with Crippen LogP contribution in [0, 0.1) is 6.92 Å². The lowest BCUT2D eigenvalue weighted by atomic mass is 10.3. The molecule has 1 fully saturated rings. The van der Waals surface area contributed by atoms with E-state index in [4.69, 9.17) is 11.6 Å². The average molecular weight is 366 g/mol. The number of carbonyl (C=O) groups excluding carboxylic acids is 1. The maximum Gasteiger partial charge on any atom is 0.265 e. The van der Waals surface area contributed by atoms with E-state index < -0.39 is 0 Å². The summed E-state index contributed by atoms with van der Waals surface area (Å²) in [5.74, 6) is 0.0868. The smallest absolute Gasteiger partial charge is 0.265 e. The molecule has 0 aromatic carbocycles. The van der Waals surface area contributed by atoms with E-state index in [2.05, 4.69) is 20.8 Å². The van der Waals surface area contributed by atoms with Gasteiger partial charge < -0.3 is 9.80 Å². The maximum absolute atomic E-state index is 12.5. The van der Waals surface area contributed by atoms with Crippen molar-refractivity contribution in [2.75, 3.05) is 38.1 Å². The third-order valence-electron chi connectivity index (χ3n) is 3.37. The van der Waals surface area contributed by atoms with Crippen LogP contribution in [0.3, 0.4) is 0 Å². The number of alkyl halides is 1. The first-order valence-corrected chi connectivity index (χ1v) is 8.82. The van der Waals surface area contributed by atoms with Crippen LogP contribution in [0.25, 0.3) is 0 Å². The van der Waals surface area contributed by atoms with Crippen LogP contribution in [0.15, 0.2) is 5.38 Å². The van der Waals surface area contributed by atoms with Crippen LogP contribution in [0.4, 0.5) is 0 Å². The Kier molecular flexibility index (Phi) is 5.69. The average Bonchev–Trinajstić information content (AvgIpc) is 2.62. The van der Waals surface area contributed by atoms with E-state index in [9.17, 15) is 4.79 Å². The molecule has 2 heterocycles. The van der Waals surface area contributed by atoms with Gasteiger partial charge in [0.25, 0.3) is 5.91 Å². The van der Waals surface area contributed by atoms with Crippen LogP contribution in [-0.2, 0) is 0 Å². The Labute approximate surface area is 131 Å². The fourth-order valence-electron chi connectivity index (χ4n) is 2.23. The molecule has 19 heavy (non-hydrogen) atoms. The molecule has 1 amide bonds. The Bertz CT molecular complexity index is 452. The molecule has 1 aromatic heterocycles. The van der Waals surface area contributed by atoms with Gasteiger partial charge in [-0.15, -0.1) is 11.3 Å². The molecule has 0 aliphatic carbocycles. The van der Waals surface area contributed by atoms with Gasteiger partial charge in [0.1, 0.15) is 4.88 Å². The largest absolute Gasteiger partial charge is 0.337 e. The molecule has 1 aliphatic rings. The minimum absolute atomic E-state index is 0.0868. The second-order valence-corrected chi connectivity index (χ2v) is 6.79. The number of thiophene rings is 1. The first kappa shape index (κ1) is 15.3. The van der Waals surface area contributed by atoms with Gasteiger partial charge in [-0.05, 0) is 30.8 Å². The molecule has 0 atom stereocenters. The highest BCUT2D eigenvalue weighted by Gasteiger charge is 2.23. The molecule has 0 radical (unpaired) electrons. The summed E-state index contributed by atoms with van der Waals surface area (Å²) < 4.78 is 0. The lowest BCUT2D eigenvalue weighted by molar-refractivity contribution is 0.0767. The van der Waals surface area contributed by atoms with E-state index in [0.29, 0.717) is 9.90 Å². The highest BCUT2D eigenvalue weighted by Crippen LogP contribution is 2.28. The lowest BCUT2D eigenvalue weighted by Gasteiger charge is -2.21. The normalized spacial score (nSPS) is 17.5. The lowest BCUT2D eigenvalue weighted by Crippen LogP contribution is -2.35. The van der Waals surface area contributed by atoms with Crippen LogP contribution in [0.2, 0.25) is 5.02 Å². The van der Waals surface area contributed by atoms with Gasteiger partial charge in [-0.1, -0.05) is 27.5 Å². The van der Waals surface area contributed by atoms with E-state index in [0.717, 1.165) is 50.0 Å². The molecule has 0 spiro atoms. The van der Waals surface area contributed by atoms with Gasteiger partial charge in [0.05, 0.1) is 5.02 Å². The minimum Gasteiger partial charge on any atom is -0.337 e. The van der Waals surface area contributed by atoms with Crippen molar-refractivity contribution >= 4 is 44.8 Å². The van der Waals surface area contributed by atoms with E-state index in [1.807, 2.05) is 17.2 Å². The Morgan fingerprint density at radius 3 is 2.84 bits per heavy atom. The van der Waals surface area contributed by atoms with E-state index in [1.54, 1.807) is 0 Å². The highest BCUT2D eigenvalue weighted by atomic mass is 79.9. The molecule has 1 saturated heterocycles. The first-order chi connectivity index (χ1) is 9.13. The molecule has 6 heteroatoms. The Morgan fingerprint density at radius 1 is 1.42 bits per heavy atom. The Balaban J connectivity index is 2.02. The van der Waals surface area contributed by atoms with Crippen LogP contribution < -0.4 is 0 Å². The summed E-state index contributed by atoms with van der Waals surface area (Å²) in [7, 11) is 0. The molecule has 0 saturated carbocycles. The van der Waals surface area contributed by atoms with Gasteiger partial charge in [0.15, 0.2) is 0 Å². The van der Waals surface area contributed by atoms with Crippen molar-refractivity contribution in [3.8, 4) is 0 Å². The summed E-state index contributed by atoms with van der Waals surface area (Å²) in [4.78, 5) is 17.5. The number of nitrogens with zero attached hydrogens (tertiary/aromatic N) is 2. The second-order valence-electron chi connectivity index (χ2n) is 4.74. The Hall–Kier alpha value is -0.100. The number of carbonyl (C=O) groups is 1. The zero-order valence-electron chi connectivity index (χ0n) is 11.0. The number of halogens is 2. The SMILES string of the molecule is Cc1csc(C(=O)N2CCCN(CCBr)CC2)c1Cl. The monoisotopic (exact) mass is 364 g/mol. The zero-order chi connectivity index (χ0) is 13.8. The van der Waals surface area contributed by atoms with Gasteiger partial charge in [0, 0.05) is 31.5 Å². The van der Waals surface area contributed by atoms with Crippen molar-refractivity contribution in [2.24, 2.45) is 0 Å². The number of aryl methyl sites for hydroxylation is 1. The molecule has 0 N–H and O–H groups in total. The summed E-state index contributed by atoms with van der Waals surface area (Å²) in [5.41, 5.74) is 0.991. The third kappa shape index (κ3) is 3.72. The van der Waals surface area contributed by atoms with Gasteiger partial charge in [-0.3, -0.25) is 4.79 Å². The number of amides is 1. The minimum atomic E-state index is 0.0868. The molecule has 2 rings (SSSR count). The summed E-state index contributed by atoms with van der Waals surface area (Å²) in [6.07, 6.45) is 1.03. The van der Waals surface area contributed by atoms with Crippen molar-refractivity contribution in [1.29, 1.82) is 0 Å². The standard InChI is InChI=1S/C13H18BrClN2OS/c1-10-9-19-12(11(10)15)13(18)17-5-2-4-16(6-3-14)7-8-17/h9H,2-8H2,1H3. The van der Waals surface area contributed by atoms with Crippen LogP contribution >= 0.6 is 38.9 Å². The maximum atomic E-state index is 12.5. The third-order valence-corrected chi connectivity index (χ3v) is 5.41. The molecule has 0 unspecified atom stereocenters. The molecule has 1 aliphatic heterocycles. The van der Waals surface area contributed by atoms with Gasteiger partial charge in [-0.25, -0.2) is 0 Å². The molecule has 106 valence electrons. The molecular formula is C13H18BrClN2OS. The van der Waals surface area contributed by atoms with Crippen molar-refractivity contribution < 1.29 is 4.79 Å². The van der Waals surface area contributed by atoms with E-state index in [1.165, 1.54) is 11.3 Å². The van der Waals surface area contributed by atoms with Crippen molar-refractivity contribution in [1.82, 2.24) is 9.80 Å². The van der Waals surface area contributed by atoms with Gasteiger partial charge in [0.2, 0.25) is 0 Å². The second kappa shape index (κ2) is 7.07. The molecular weight excluding hydrogens is 348 g/mol. The van der Waals surface area contributed by atoms with Crippen LogP contribution in [0.5, 0.6) is 0 Å². The van der Waals surface area contributed by atoms with Crippen LogP contribution in [-0.4, -0.2) is 53.8 Å². The summed E-state index contributed by atoms with van der Waals surface area (Å²) >= 11 is 11.1. The predicted molar refractivity (Wildman–Crippen MR) is 84.8 cm³/mol. The van der Waals surface area contributed by atoms with Gasteiger partial charge >= 0.3 is 0 Å². The molecule has 3 nitrogen and oxygen atoms in total. The fraction of sp³-hybridized carbons (Fsp3) is 0.615. The Morgan fingerprint density at radius 2 is 2.21 bits per heavy atom. The number of hydrogen-bond donors (Lipinski definition) is 0. The quantitative estimate of drug-likeness (QED) is 0.768. The summed E-state index contributed by atoms with van der Waals surface area (Å²) in [6, 6.07) is 0. The van der Waals surface area contributed by atoms with E-state index >= 15 is 0 Å². The number of hydrogen-bond acceptors (Lipinski definition) is 3. The van der Waals surface area contributed by atoms with Gasteiger partial charge in [-0.2, -0.15) is 0 Å². The zero-order valence-corrected chi connectivity index (χ0v) is 14.2. The van der Waals surface area contributed by atoms with Crippen molar-refractivity contribution in [2.45, 2.75) is 13.3 Å². The highest BCUT2D eigenvalue weighted by molar-refractivity contribution is 9.09. The van der Waals surface area contributed by atoms with Crippen LogP contribution in [0.1, 0.15) is 21.7 Å². The van der Waals surface area contributed by atoms with Crippen molar-refractivity contribution in [3.05, 3.63) is 20.8 Å².